The highest BCUT2D eigenvalue weighted by molar-refractivity contribution is 5.74. The number of nitrogens with one attached hydrogen (secondary N) is 2. The van der Waals surface area contributed by atoms with Crippen LogP contribution in [0.3, 0.4) is 0 Å². The maximum Gasteiger partial charge on any atom is 0.315 e. The Hall–Kier alpha value is -1.78. The van der Waals surface area contributed by atoms with Crippen molar-refractivity contribution in [2.75, 3.05) is 18.0 Å². The first-order chi connectivity index (χ1) is 10.7. The normalized spacial score (nSPS) is 26.0. The minimum Gasteiger partial charge on any atom is -0.356 e. The van der Waals surface area contributed by atoms with Crippen molar-refractivity contribution in [1.29, 1.82) is 0 Å². The van der Waals surface area contributed by atoms with Crippen LogP contribution in [0, 0.1) is 5.92 Å². The number of amides is 2. The molecule has 1 aromatic rings. The number of urea groups is 1. The lowest BCUT2D eigenvalue weighted by molar-refractivity contribution is 0.228. The van der Waals surface area contributed by atoms with E-state index < -0.39 is 0 Å². The molecule has 5 nitrogen and oxygen atoms in total. The Kier molecular flexibility index (Phi) is 4.80. The predicted molar refractivity (Wildman–Crippen MR) is 87.9 cm³/mol. The molecule has 2 atom stereocenters. The fraction of sp³-hybridized carbons (Fsp3) is 0.647. The van der Waals surface area contributed by atoms with E-state index in [0.717, 1.165) is 38.2 Å². The summed E-state index contributed by atoms with van der Waals surface area (Å²) in [5, 5.41) is 6.28. The monoisotopic (exact) mass is 302 g/mol. The summed E-state index contributed by atoms with van der Waals surface area (Å²) >= 11 is 0. The van der Waals surface area contributed by atoms with Gasteiger partial charge >= 0.3 is 6.03 Å². The van der Waals surface area contributed by atoms with Gasteiger partial charge in [-0.15, -0.1) is 0 Å². The third-order valence-electron chi connectivity index (χ3n) is 4.98. The number of hydrogen-bond donors (Lipinski definition) is 2. The molecule has 2 aliphatic rings. The number of carbonyl (C=O) groups excluding carboxylic acids is 1. The van der Waals surface area contributed by atoms with Gasteiger partial charge in [0.2, 0.25) is 0 Å². The molecular formula is C17H26N4O. The van der Waals surface area contributed by atoms with Crippen molar-refractivity contribution in [2.45, 2.75) is 51.1 Å². The van der Waals surface area contributed by atoms with E-state index in [2.05, 4.69) is 27.4 Å². The summed E-state index contributed by atoms with van der Waals surface area (Å²) in [5.74, 6) is 1.64. The first kappa shape index (κ1) is 15.1. The summed E-state index contributed by atoms with van der Waals surface area (Å²) in [4.78, 5) is 18.8. The lowest BCUT2D eigenvalue weighted by Gasteiger charge is -2.33. The van der Waals surface area contributed by atoms with Gasteiger partial charge in [0.1, 0.15) is 5.82 Å². The van der Waals surface area contributed by atoms with Crippen LogP contribution in [0.15, 0.2) is 24.4 Å². The van der Waals surface area contributed by atoms with E-state index in [1.54, 1.807) is 0 Å². The zero-order valence-corrected chi connectivity index (χ0v) is 13.3. The van der Waals surface area contributed by atoms with Gasteiger partial charge in [-0.25, -0.2) is 9.78 Å². The first-order valence-corrected chi connectivity index (χ1v) is 8.45. The van der Waals surface area contributed by atoms with Crippen molar-refractivity contribution in [1.82, 2.24) is 15.6 Å². The molecule has 3 rings (SSSR count). The average Bonchev–Trinajstić information content (AvgIpc) is 2.94. The van der Waals surface area contributed by atoms with Crippen molar-refractivity contribution in [3.63, 3.8) is 0 Å². The van der Waals surface area contributed by atoms with E-state index in [1.807, 2.05) is 24.4 Å². The summed E-state index contributed by atoms with van der Waals surface area (Å²) in [5.41, 5.74) is 0. The number of carbonyl (C=O) groups is 1. The van der Waals surface area contributed by atoms with Gasteiger partial charge < -0.3 is 15.5 Å². The van der Waals surface area contributed by atoms with Crippen LogP contribution in [0.25, 0.3) is 0 Å². The molecule has 0 spiro atoms. The number of aromatic nitrogens is 1. The highest BCUT2D eigenvalue weighted by Gasteiger charge is 2.26. The molecule has 0 bridgehead atoms. The Morgan fingerprint density at radius 2 is 2.00 bits per heavy atom. The van der Waals surface area contributed by atoms with Crippen LogP contribution in [0.1, 0.15) is 39.0 Å². The van der Waals surface area contributed by atoms with Crippen molar-refractivity contribution in [3.05, 3.63) is 24.4 Å². The largest absolute Gasteiger partial charge is 0.356 e. The van der Waals surface area contributed by atoms with Gasteiger partial charge in [-0.1, -0.05) is 19.4 Å². The number of piperidine rings is 1. The smallest absolute Gasteiger partial charge is 0.315 e. The quantitative estimate of drug-likeness (QED) is 0.902. The molecule has 2 fully saturated rings. The Balaban J connectivity index is 1.43. The van der Waals surface area contributed by atoms with Gasteiger partial charge in [0, 0.05) is 31.4 Å². The van der Waals surface area contributed by atoms with Crippen LogP contribution in [0.4, 0.5) is 10.6 Å². The summed E-state index contributed by atoms with van der Waals surface area (Å²) in [6.45, 7) is 4.12. The van der Waals surface area contributed by atoms with Crippen LogP contribution in [-0.2, 0) is 0 Å². The van der Waals surface area contributed by atoms with E-state index in [-0.39, 0.29) is 12.1 Å². The summed E-state index contributed by atoms with van der Waals surface area (Å²) < 4.78 is 0. The molecule has 22 heavy (non-hydrogen) atoms. The van der Waals surface area contributed by atoms with Gasteiger partial charge in [-0.2, -0.15) is 0 Å². The Labute approximate surface area is 132 Å². The van der Waals surface area contributed by atoms with Crippen molar-refractivity contribution in [3.8, 4) is 0 Å². The maximum absolute atomic E-state index is 12.1. The highest BCUT2D eigenvalue weighted by Crippen LogP contribution is 2.24. The summed E-state index contributed by atoms with van der Waals surface area (Å²) in [6, 6.07) is 6.64. The van der Waals surface area contributed by atoms with E-state index in [0.29, 0.717) is 12.0 Å². The molecule has 2 N–H and O–H groups in total. The van der Waals surface area contributed by atoms with Crippen molar-refractivity contribution < 1.29 is 4.79 Å². The number of pyridine rings is 1. The van der Waals surface area contributed by atoms with Crippen LogP contribution in [0.2, 0.25) is 0 Å². The molecule has 2 amide bonds. The fourth-order valence-electron chi connectivity index (χ4n) is 3.55. The number of anilines is 1. The Morgan fingerprint density at radius 3 is 2.64 bits per heavy atom. The fourth-order valence-corrected chi connectivity index (χ4v) is 3.55. The lowest BCUT2D eigenvalue weighted by atomic mass is 10.0. The third-order valence-corrected chi connectivity index (χ3v) is 4.98. The predicted octanol–water partition coefficient (Wildman–Crippen LogP) is 2.54. The number of hydrogen-bond acceptors (Lipinski definition) is 3. The Bertz CT molecular complexity index is 485. The molecule has 0 unspecified atom stereocenters. The molecule has 1 aliphatic carbocycles. The summed E-state index contributed by atoms with van der Waals surface area (Å²) in [7, 11) is 0. The van der Waals surface area contributed by atoms with Crippen LogP contribution in [0.5, 0.6) is 0 Å². The maximum atomic E-state index is 12.1. The van der Waals surface area contributed by atoms with Crippen molar-refractivity contribution >= 4 is 11.8 Å². The minimum atomic E-state index is 0.00929. The standard InChI is InChI=1S/C17H26N4O/c1-13-5-4-6-15(13)20-17(22)19-14-8-11-21(12-9-14)16-7-2-3-10-18-16/h2-3,7,10,13-15H,4-6,8-9,11-12H2,1H3,(H2,19,20,22)/t13-,15+/m1/s1. The minimum absolute atomic E-state index is 0.00929. The molecular weight excluding hydrogens is 276 g/mol. The molecule has 1 aliphatic heterocycles. The second-order valence-electron chi connectivity index (χ2n) is 6.58. The molecule has 2 heterocycles. The molecule has 1 aromatic heterocycles. The Morgan fingerprint density at radius 1 is 1.18 bits per heavy atom. The van der Waals surface area contributed by atoms with Gasteiger partial charge in [0.05, 0.1) is 0 Å². The molecule has 1 saturated heterocycles. The molecule has 0 aromatic carbocycles. The molecule has 1 saturated carbocycles. The van der Waals surface area contributed by atoms with E-state index in [1.165, 1.54) is 12.8 Å². The number of rotatable bonds is 3. The lowest BCUT2D eigenvalue weighted by Crippen LogP contribution is -2.50. The third kappa shape index (κ3) is 3.70. The van der Waals surface area contributed by atoms with Crippen molar-refractivity contribution in [2.24, 2.45) is 5.92 Å². The van der Waals surface area contributed by atoms with Gasteiger partial charge in [-0.05, 0) is 43.7 Å². The van der Waals surface area contributed by atoms with Crippen LogP contribution in [-0.4, -0.2) is 36.2 Å². The molecule has 0 radical (unpaired) electrons. The van der Waals surface area contributed by atoms with Gasteiger partial charge in [-0.3, -0.25) is 0 Å². The number of nitrogens with zero attached hydrogens (tertiary/aromatic N) is 2. The average molecular weight is 302 g/mol. The second kappa shape index (κ2) is 6.99. The molecule has 120 valence electrons. The van der Waals surface area contributed by atoms with E-state index >= 15 is 0 Å². The topological polar surface area (TPSA) is 57.3 Å². The van der Waals surface area contributed by atoms with Gasteiger partial charge in [0.25, 0.3) is 0 Å². The highest BCUT2D eigenvalue weighted by atomic mass is 16.2. The van der Waals surface area contributed by atoms with E-state index in [4.69, 9.17) is 0 Å². The zero-order chi connectivity index (χ0) is 15.4. The second-order valence-corrected chi connectivity index (χ2v) is 6.58. The SMILES string of the molecule is C[C@@H]1CCC[C@@H]1NC(=O)NC1CCN(c2ccccn2)CC1. The summed E-state index contributed by atoms with van der Waals surface area (Å²) in [6.07, 6.45) is 7.36. The van der Waals surface area contributed by atoms with Crippen LogP contribution < -0.4 is 15.5 Å². The van der Waals surface area contributed by atoms with Gasteiger partial charge in [0.15, 0.2) is 0 Å². The van der Waals surface area contributed by atoms with Crippen LogP contribution >= 0.6 is 0 Å². The first-order valence-electron chi connectivity index (χ1n) is 8.45. The molecule has 5 heteroatoms. The zero-order valence-electron chi connectivity index (χ0n) is 13.3. The van der Waals surface area contributed by atoms with E-state index in [9.17, 15) is 4.79 Å².